The van der Waals surface area contributed by atoms with E-state index in [0.717, 1.165) is 6.42 Å². The number of carboxylic acids is 1. The van der Waals surface area contributed by atoms with E-state index in [4.69, 9.17) is 5.11 Å². The van der Waals surface area contributed by atoms with E-state index in [2.05, 4.69) is 0 Å². The number of benzene rings is 1. The van der Waals surface area contributed by atoms with Gasteiger partial charge in [-0.2, -0.15) is 0 Å². The summed E-state index contributed by atoms with van der Waals surface area (Å²) >= 11 is 0. The first-order valence-corrected chi connectivity index (χ1v) is 10.1. The predicted octanol–water partition coefficient (Wildman–Crippen LogP) is 3.10. The Balaban J connectivity index is 1.82. The highest BCUT2D eigenvalue weighted by atomic mass is 16.4. The van der Waals surface area contributed by atoms with Crippen molar-refractivity contribution < 1.29 is 25.2 Å². The maximum absolute atomic E-state index is 10.5. The Morgan fingerprint density at radius 2 is 1.89 bits per heavy atom. The largest absolute Gasteiger partial charge is 0.481 e. The highest BCUT2D eigenvalue weighted by Gasteiger charge is 2.39. The fourth-order valence-corrected chi connectivity index (χ4v) is 3.76. The van der Waals surface area contributed by atoms with Crippen LogP contribution in [0.3, 0.4) is 0 Å². The summed E-state index contributed by atoms with van der Waals surface area (Å²) in [4.78, 5) is 10.5. The van der Waals surface area contributed by atoms with Crippen molar-refractivity contribution in [3.8, 4) is 0 Å². The average molecular weight is 389 g/mol. The van der Waals surface area contributed by atoms with E-state index in [1.54, 1.807) is 6.08 Å². The van der Waals surface area contributed by atoms with Crippen molar-refractivity contribution in [1.29, 1.82) is 0 Å². The molecule has 0 aromatic heterocycles. The van der Waals surface area contributed by atoms with Crippen molar-refractivity contribution >= 4 is 5.97 Å². The normalized spacial score (nSPS) is 26.2. The molecule has 1 saturated carbocycles. The van der Waals surface area contributed by atoms with Gasteiger partial charge in [0.1, 0.15) is 0 Å². The Bertz CT molecular complexity index is 640. The van der Waals surface area contributed by atoms with Gasteiger partial charge in [-0.15, -0.1) is 0 Å². The van der Waals surface area contributed by atoms with Gasteiger partial charge in [0.25, 0.3) is 0 Å². The number of aliphatic hydroxyl groups is 3. The molecule has 0 spiro atoms. The van der Waals surface area contributed by atoms with Crippen molar-refractivity contribution in [1.82, 2.24) is 0 Å². The minimum Gasteiger partial charge on any atom is -0.481 e. The number of unbranched alkanes of at least 4 members (excludes halogenated alkanes) is 1. The van der Waals surface area contributed by atoms with Crippen molar-refractivity contribution in [2.45, 2.75) is 63.3 Å². The molecule has 0 heterocycles. The van der Waals surface area contributed by atoms with Crippen molar-refractivity contribution in [2.75, 3.05) is 0 Å². The molecular formula is C23H32O5. The van der Waals surface area contributed by atoms with Crippen LogP contribution in [0.1, 0.15) is 44.1 Å². The maximum atomic E-state index is 10.5. The van der Waals surface area contributed by atoms with Crippen LogP contribution in [0.25, 0.3) is 0 Å². The number of aliphatic hydroxyl groups excluding tert-OH is 3. The average Bonchev–Trinajstić information content (AvgIpc) is 2.94. The SMILES string of the molecule is O=C(O)CCC/C=C\C[C@@H]1[C@@H](/C=C\[C@@H](O)CCc2ccccc2)[C@H](O)C[C@@H]1O. The topological polar surface area (TPSA) is 98.0 Å². The van der Waals surface area contributed by atoms with Crippen molar-refractivity contribution in [2.24, 2.45) is 11.8 Å². The van der Waals surface area contributed by atoms with Gasteiger partial charge in [-0.3, -0.25) is 4.79 Å². The quantitative estimate of drug-likeness (QED) is 0.345. The number of rotatable bonds is 11. The zero-order valence-electron chi connectivity index (χ0n) is 16.2. The van der Waals surface area contributed by atoms with Crippen LogP contribution in [0.4, 0.5) is 0 Å². The summed E-state index contributed by atoms with van der Waals surface area (Å²) in [5.41, 5.74) is 1.18. The van der Waals surface area contributed by atoms with Crippen molar-refractivity contribution in [3.63, 3.8) is 0 Å². The Hall–Kier alpha value is -1.95. The molecule has 1 aromatic carbocycles. The van der Waals surface area contributed by atoms with Crippen LogP contribution in [0.15, 0.2) is 54.6 Å². The van der Waals surface area contributed by atoms with E-state index in [1.807, 2.05) is 48.6 Å². The molecule has 1 aliphatic rings. The van der Waals surface area contributed by atoms with Crippen LogP contribution in [-0.4, -0.2) is 44.7 Å². The smallest absolute Gasteiger partial charge is 0.303 e. The molecule has 0 saturated heterocycles. The number of carboxylic acid groups (broad SMARTS) is 1. The summed E-state index contributed by atoms with van der Waals surface area (Å²) in [6.07, 6.45) is 9.51. The van der Waals surface area contributed by atoms with Gasteiger partial charge in [0.2, 0.25) is 0 Å². The van der Waals surface area contributed by atoms with Crippen LogP contribution < -0.4 is 0 Å². The summed E-state index contributed by atoms with van der Waals surface area (Å²) in [5, 5.41) is 39.4. The molecule has 0 aliphatic heterocycles. The summed E-state index contributed by atoms with van der Waals surface area (Å²) < 4.78 is 0. The van der Waals surface area contributed by atoms with Gasteiger partial charge >= 0.3 is 5.97 Å². The molecule has 0 bridgehead atoms. The first-order chi connectivity index (χ1) is 13.5. The lowest BCUT2D eigenvalue weighted by Gasteiger charge is -2.19. The second-order valence-corrected chi connectivity index (χ2v) is 7.58. The molecule has 28 heavy (non-hydrogen) atoms. The third-order valence-electron chi connectivity index (χ3n) is 5.38. The van der Waals surface area contributed by atoms with Gasteiger partial charge < -0.3 is 20.4 Å². The van der Waals surface area contributed by atoms with Crippen LogP contribution in [0, 0.1) is 11.8 Å². The minimum atomic E-state index is -0.793. The molecule has 154 valence electrons. The second-order valence-electron chi connectivity index (χ2n) is 7.58. The molecule has 0 radical (unpaired) electrons. The van der Waals surface area contributed by atoms with E-state index in [9.17, 15) is 20.1 Å². The summed E-state index contributed by atoms with van der Waals surface area (Å²) in [7, 11) is 0. The maximum Gasteiger partial charge on any atom is 0.303 e. The Kier molecular flexibility index (Phi) is 9.41. The van der Waals surface area contributed by atoms with E-state index in [0.29, 0.717) is 32.1 Å². The van der Waals surface area contributed by atoms with E-state index in [1.165, 1.54) is 5.56 Å². The summed E-state index contributed by atoms with van der Waals surface area (Å²) in [5.74, 6) is -1.08. The van der Waals surface area contributed by atoms with Gasteiger partial charge in [-0.25, -0.2) is 0 Å². The fraction of sp³-hybridized carbons (Fsp3) is 0.522. The lowest BCUT2D eigenvalue weighted by Crippen LogP contribution is -2.20. The van der Waals surface area contributed by atoms with Gasteiger partial charge in [-0.1, -0.05) is 54.6 Å². The highest BCUT2D eigenvalue weighted by molar-refractivity contribution is 5.66. The number of hydrogen-bond acceptors (Lipinski definition) is 4. The molecule has 2 rings (SSSR count). The third-order valence-corrected chi connectivity index (χ3v) is 5.38. The van der Waals surface area contributed by atoms with Crippen LogP contribution in [0.5, 0.6) is 0 Å². The van der Waals surface area contributed by atoms with Gasteiger partial charge in [-0.05, 0) is 43.6 Å². The van der Waals surface area contributed by atoms with Crippen LogP contribution >= 0.6 is 0 Å². The van der Waals surface area contributed by atoms with Gasteiger partial charge in [0.05, 0.1) is 18.3 Å². The Morgan fingerprint density at radius 3 is 2.61 bits per heavy atom. The first-order valence-electron chi connectivity index (χ1n) is 10.1. The molecule has 4 N–H and O–H groups in total. The zero-order chi connectivity index (χ0) is 20.4. The number of carbonyl (C=O) groups is 1. The first kappa shape index (κ1) is 22.3. The number of aryl methyl sites for hydroxylation is 1. The van der Waals surface area contributed by atoms with Gasteiger partial charge in [0, 0.05) is 18.8 Å². The molecule has 5 atom stereocenters. The lowest BCUT2D eigenvalue weighted by atomic mass is 9.89. The van der Waals surface area contributed by atoms with E-state index < -0.39 is 24.3 Å². The number of aliphatic carboxylic acids is 1. The Labute approximate surface area is 167 Å². The molecule has 5 nitrogen and oxygen atoms in total. The third kappa shape index (κ3) is 7.58. The number of allylic oxidation sites excluding steroid dienone is 2. The molecule has 0 unspecified atom stereocenters. The molecule has 5 heteroatoms. The Morgan fingerprint density at radius 1 is 1.14 bits per heavy atom. The van der Waals surface area contributed by atoms with Gasteiger partial charge in [0.15, 0.2) is 0 Å². The fourth-order valence-electron chi connectivity index (χ4n) is 3.76. The summed E-state index contributed by atoms with van der Waals surface area (Å²) in [6.45, 7) is 0. The summed E-state index contributed by atoms with van der Waals surface area (Å²) in [6, 6.07) is 9.99. The van der Waals surface area contributed by atoms with Crippen molar-refractivity contribution in [3.05, 3.63) is 60.2 Å². The molecular weight excluding hydrogens is 356 g/mol. The molecule has 1 aliphatic carbocycles. The van der Waals surface area contributed by atoms with E-state index in [-0.39, 0.29) is 18.3 Å². The predicted molar refractivity (Wildman–Crippen MR) is 109 cm³/mol. The highest BCUT2D eigenvalue weighted by Crippen LogP contribution is 2.36. The van der Waals surface area contributed by atoms with Crippen LogP contribution in [0.2, 0.25) is 0 Å². The second kappa shape index (κ2) is 11.8. The molecule has 0 amide bonds. The minimum absolute atomic E-state index is 0.0942. The molecule has 1 aromatic rings. The lowest BCUT2D eigenvalue weighted by molar-refractivity contribution is -0.137. The molecule has 1 fully saturated rings. The number of hydrogen-bond donors (Lipinski definition) is 4. The van der Waals surface area contributed by atoms with Crippen LogP contribution in [-0.2, 0) is 11.2 Å². The van der Waals surface area contributed by atoms with E-state index >= 15 is 0 Å². The monoisotopic (exact) mass is 388 g/mol. The standard InChI is InChI=1S/C23H32O5/c24-18(13-12-17-8-4-3-5-9-17)14-15-20-19(21(25)16-22(20)26)10-6-1-2-7-11-23(27)28/h1,3-6,8-9,14-15,18-22,24-26H,2,7,10-13,16H2,(H,27,28)/b6-1-,15-14-/t18-,19+,20+,21-,22+/m0/s1. The zero-order valence-corrected chi connectivity index (χ0v) is 16.2.